The zero-order valence-corrected chi connectivity index (χ0v) is 29.6. The summed E-state index contributed by atoms with van der Waals surface area (Å²) in [7, 11) is 0. The maximum atomic E-state index is 7.28. The molecule has 2 heteroatoms. The zero-order valence-electron chi connectivity index (χ0n) is 29.6. The van der Waals surface area contributed by atoms with Crippen molar-refractivity contribution in [2.45, 2.75) is 75.0 Å². The Morgan fingerprint density at radius 2 is 0.885 bits per heavy atom. The van der Waals surface area contributed by atoms with Crippen LogP contribution in [0.2, 0.25) is 0 Å². The minimum atomic E-state index is 0.0377. The molecule has 0 atom stereocenters. The predicted molar refractivity (Wildman–Crippen MR) is 215 cm³/mol. The normalized spacial score (nSPS) is 18.4. The third kappa shape index (κ3) is 3.75. The highest BCUT2D eigenvalue weighted by Gasteiger charge is 2.48. The lowest BCUT2D eigenvalue weighted by Gasteiger charge is -2.39. The van der Waals surface area contributed by atoms with Crippen LogP contribution in [0.3, 0.4) is 0 Å². The standard InChI is InChI=1S/C50H41NO/c1-4-16-34(17-5-1)51-43-28-37-41(49(24-10-2-11-25-49)39-22-20-32-14-6-8-18-35(32)47(37)39)30-45(43)52-46-31-42-38(29-44(46)51)48-36-19-9-7-15-33(36)21-23-40(48)50(42)26-12-3-13-27-50/h1,4-9,14-23,28-31H,2-3,10-13,24-27H2. The number of para-hydroxylation sites is 1. The van der Waals surface area contributed by atoms with E-state index in [-0.39, 0.29) is 10.8 Å². The van der Waals surface area contributed by atoms with E-state index in [0.717, 1.165) is 22.9 Å². The Kier molecular flexibility index (Phi) is 5.97. The molecular formula is C50H41NO. The third-order valence-electron chi connectivity index (χ3n) is 13.8. The van der Waals surface area contributed by atoms with Gasteiger partial charge in [-0.1, -0.05) is 130 Å². The van der Waals surface area contributed by atoms with E-state index in [0.29, 0.717) is 0 Å². The highest BCUT2D eigenvalue weighted by atomic mass is 16.5. The first-order valence-corrected chi connectivity index (χ1v) is 19.7. The summed E-state index contributed by atoms with van der Waals surface area (Å²) < 4.78 is 7.28. The van der Waals surface area contributed by atoms with Crippen LogP contribution >= 0.6 is 0 Å². The summed E-state index contributed by atoms with van der Waals surface area (Å²) in [5.74, 6) is 1.96. The van der Waals surface area contributed by atoms with Crippen molar-refractivity contribution < 1.29 is 4.74 Å². The second kappa shape index (κ2) is 10.6. The Morgan fingerprint density at radius 3 is 1.38 bits per heavy atom. The second-order valence-corrected chi connectivity index (χ2v) is 16.2. The molecule has 52 heavy (non-hydrogen) atoms. The van der Waals surface area contributed by atoms with Crippen LogP contribution in [-0.4, -0.2) is 0 Å². The van der Waals surface area contributed by atoms with Crippen molar-refractivity contribution in [3.63, 3.8) is 0 Å². The fourth-order valence-corrected chi connectivity index (χ4v) is 11.6. The molecule has 0 unspecified atom stereocenters. The van der Waals surface area contributed by atoms with Crippen molar-refractivity contribution in [2.75, 3.05) is 4.90 Å². The maximum Gasteiger partial charge on any atom is 0.151 e. The number of fused-ring (bicyclic) bond motifs is 16. The topological polar surface area (TPSA) is 12.5 Å². The van der Waals surface area contributed by atoms with Crippen molar-refractivity contribution in [2.24, 2.45) is 0 Å². The van der Waals surface area contributed by atoms with Gasteiger partial charge in [0.05, 0.1) is 11.4 Å². The van der Waals surface area contributed by atoms with Crippen LogP contribution in [0.1, 0.15) is 86.5 Å². The van der Waals surface area contributed by atoms with Crippen molar-refractivity contribution in [1.82, 2.24) is 0 Å². The van der Waals surface area contributed by atoms with Crippen molar-refractivity contribution in [3.8, 4) is 33.8 Å². The summed E-state index contributed by atoms with van der Waals surface area (Å²) in [6.45, 7) is 0. The summed E-state index contributed by atoms with van der Waals surface area (Å²) in [6.07, 6.45) is 12.5. The van der Waals surface area contributed by atoms with Crippen LogP contribution in [-0.2, 0) is 10.8 Å². The molecule has 7 aromatic rings. The molecule has 0 N–H and O–H groups in total. The molecule has 0 bridgehead atoms. The van der Waals surface area contributed by atoms with Crippen LogP contribution in [0, 0.1) is 0 Å². The van der Waals surface area contributed by atoms with E-state index >= 15 is 0 Å². The molecule has 7 aromatic carbocycles. The molecule has 2 fully saturated rings. The average Bonchev–Trinajstić information content (AvgIpc) is 3.61. The highest BCUT2D eigenvalue weighted by Crippen LogP contribution is 2.64. The number of rotatable bonds is 1. The molecule has 2 spiro atoms. The Bertz CT molecular complexity index is 2460. The first-order valence-electron chi connectivity index (χ1n) is 19.7. The summed E-state index contributed by atoms with van der Waals surface area (Å²) in [5, 5.41) is 5.37. The van der Waals surface area contributed by atoms with Gasteiger partial charge in [-0.05, 0) is 128 Å². The number of nitrogens with zero attached hydrogens (tertiary/aromatic N) is 1. The molecule has 2 saturated carbocycles. The quantitative estimate of drug-likeness (QED) is 0.172. The van der Waals surface area contributed by atoms with E-state index in [1.54, 1.807) is 0 Å². The van der Waals surface area contributed by atoms with Crippen LogP contribution < -0.4 is 9.64 Å². The first kappa shape index (κ1) is 29.3. The molecule has 12 rings (SSSR count). The number of hydrogen-bond donors (Lipinski definition) is 0. The lowest BCUT2D eigenvalue weighted by molar-refractivity contribution is 0.350. The molecule has 0 radical (unpaired) electrons. The molecule has 5 aliphatic rings. The van der Waals surface area contributed by atoms with Crippen molar-refractivity contribution in [1.29, 1.82) is 0 Å². The third-order valence-corrected chi connectivity index (χ3v) is 13.8. The summed E-state index contributed by atoms with van der Waals surface area (Å²) >= 11 is 0. The molecule has 252 valence electrons. The van der Waals surface area contributed by atoms with E-state index < -0.39 is 0 Å². The molecule has 0 amide bonds. The summed E-state index contributed by atoms with van der Waals surface area (Å²) in [5.41, 5.74) is 15.1. The SMILES string of the molecule is c1ccc(N2c3cc4c(cc3Oc3cc5c(cc32)-c2c(ccc3ccccc23)C52CCCCC2)C2(CCCCC2)c2ccc3ccccc3c2-4)cc1. The minimum Gasteiger partial charge on any atom is -0.453 e. The molecule has 0 saturated heterocycles. The number of anilines is 3. The number of hydrogen-bond acceptors (Lipinski definition) is 2. The van der Waals surface area contributed by atoms with Gasteiger partial charge in [0.15, 0.2) is 11.5 Å². The molecule has 4 aliphatic carbocycles. The lowest BCUT2D eigenvalue weighted by Crippen LogP contribution is -2.28. The Hall–Kier alpha value is -5.34. The Morgan fingerprint density at radius 1 is 0.423 bits per heavy atom. The van der Waals surface area contributed by atoms with Crippen molar-refractivity contribution in [3.05, 3.63) is 150 Å². The van der Waals surface area contributed by atoms with Gasteiger partial charge < -0.3 is 9.64 Å². The van der Waals surface area contributed by atoms with Gasteiger partial charge in [-0.15, -0.1) is 0 Å². The van der Waals surface area contributed by atoms with Crippen molar-refractivity contribution >= 4 is 38.6 Å². The van der Waals surface area contributed by atoms with Gasteiger partial charge in [0.25, 0.3) is 0 Å². The smallest absolute Gasteiger partial charge is 0.151 e. The Labute approximate surface area is 305 Å². The van der Waals surface area contributed by atoms with Gasteiger partial charge >= 0.3 is 0 Å². The van der Waals surface area contributed by atoms with Crippen LogP contribution in [0.25, 0.3) is 43.8 Å². The van der Waals surface area contributed by atoms with Gasteiger partial charge in [-0.3, -0.25) is 0 Å². The lowest BCUT2D eigenvalue weighted by atomic mass is 9.67. The second-order valence-electron chi connectivity index (χ2n) is 16.2. The van der Waals surface area contributed by atoms with E-state index in [1.807, 2.05) is 0 Å². The summed E-state index contributed by atoms with van der Waals surface area (Å²) in [6, 6.07) is 48.6. The fourth-order valence-electron chi connectivity index (χ4n) is 11.6. The number of benzene rings is 7. The van der Waals surface area contributed by atoms with Gasteiger partial charge in [0.1, 0.15) is 0 Å². The molecule has 2 nitrogen and oxygen atoms in total. The van der Waals surface area contributed by atoms with Gasteiger partial charge in [-0.25, -0.2) is 0 Å². The van der Waals surface area contributed by atoms with Gasteiger partial charge in [-0.2, -0.15) is 0 Å². The highest BCUT2D eigenvalue weighted by molar-refractivity contribution is 6.06. The molecule has 0 aromatic heterocycles. The van der Waals surface area contributed by atoms with E-state index in [4.69, 9.17) is 4.74 Å². The van der Waals surface area contributed by atoms with Crippen LogP contribution in [0.5, 0.6) is 11.5 Å². The average molecular weight is 672 g/mol. The predicted octanol–water partition coefficient (Wildman–Crippen LogP) is 14.0. The maximum absolute atomic E-state index is 7.28. The molecular weight excluding hydrogens is 631 g/mol. The van der Waals surface area contributed by atoms with Gasteiger partial charge in [0, 0.05) is 16.5 Å². The van der Waals surface area contributed by atoms with Crippen LogP contribution in [0.4, 0.5) is 17.1 Å². The molecule has 1 heterocycles. The van der Waals surface area contributed by atoms with Gasteiger partial charge in [0.2, 0.25) is 0 Å². The summed E-state index contributed by atoms with van der Waals surface area (Å²) in [4.78, 5) is 2.50. The largest absolute Gasteiger partial charge is 0.453 e. The molecule has 1 aliphatic heterocycles. The minimum absolute atomic E-state index is 0.0377. The Balaban J connectivity index is 1.14. The fraction of sp³-hybridized carbons (Fsp3) is 0.240. The van der Waals surface area contributed by atoms with E-state index in [2.05, 4.69) is 132 Å². The van der Waals surface area contributed by atoms with E-state index in [9.17, 15) is 0 Å². The monoisotopic (exact) mass is 671 g/mol. The first-order chi connectivity index (χ1) is 25.7. The van der Waals surface area contributed by atoms with Crippen LogP contribution in [0.15, 0.2) is 127 Å². The zero-order chi connectivity index (χ0) is 34.0. The number of ether oxygens (including phenoxy) is 1. The van der Waals surface area contributed by atoms with E-state index in [1.165, 1.54) is 136 Å².